The minimum absolute atomic E-state index is 0.322. The lowest BCUT2D eigenvalue weighted by atomic mass is 10.1. The van der Waals surface area contributed by atoms with Gasteiger partial charge in [-0.2, -0.15) is 5.10 Å². The van der Waals surface area contributed by atoms with Crippen LogP contribution in [-0.4, -0.2) is 30.9 Å². The number of benzene rings is 1. The fraction of sp³-hybridized carbons (Fsp3) is 0.357. The first-order valence-corrected chi connectivity index (χ1v) is 8.33. The average molecular weight is 293 g/mol. The smallest absolute Gasteiger partial charge is 0.175 e. The molecule has 1 heterocycles. The summed E-state index contributed by atoms with van der Waals surface area (Å²) in [6.45, 7) is 4.89. The number of hydrogen-bond acceptors (Lipinski definition) is 4. The molecule has 0 saturated carbocycles. The van der Waals surface area contributed by atoms with E-state index in [0.29, 0.717) is 10.9 Å². The van der Waals surface area contributed by atoms with Crippen molar-refractivity contribution in [3.63, 3.8) is 0 Å². The quantitative estimate of drug-likeness (QED) is 0.884. The third-order valence-electron chi connectivity index (χ3n) is 2.99. The molecule has 108 valence electrons. The second-order valence-electron chi connectivity index (χ2n) is 5.10. The maximum Gasteiger partial charge on any atom is 0.175 e. The van der Waals surface area contributed by atoms with E-state index in [2.05, 4.69) is 29.4 Å². The van der Waals surface area contributed by atoms with Crippen LogP contribution < -0.4 is 5.32 Å². The first-order chi connectivity index (χ1) is 9.38. The van der Waals surface area contributed by atoms with Gasteiger partial charge >= 0.3 is 0 Å². The summed E-state index contributed by atoms with van der Waals surface area (Å²) in [5.74, 6) is 0. The van der Waals surface area contributed by atoms with Crippen LogP contribution >= 0.6 is 0 Å². The fourth-order valence-electron chi connectivity index (χ4n) is 1.88. The van der Waals surface area contributed by atoms with E-state index in [1.807, 2.05) is 0 Å². The molecule has 0 saturated heterocycles. The topological polar surface area (TPSA) is 74.8 Å². The highest BCUT2D eigenvalue weighted by molar-refractivity contribution is 7.90. The highest BCUT2D eigenvalue weighted by atomic mass is 32.2. The van der Waals surface area contributed by atoms with Crippen molar-refractivity contribution in [2.75, 3.05) is 6.26 Å². The number of hydrogen-bond donors (Lipinski definition) is 2. The minimum Gasteiger partial charge on any atom is -0.310 e. The van der Waals surface area contributed by atoms with E-state index in [0.717, 1.165) is 23.4 Å². The molecule has 1 aromatic heterocycles. The summed E-state index contributed by atoms with van der Waals surface area (Å²) in [4.78, 5) is 0.322. The Hall–Kier alpha value is -1.66. The Balaban J connectivity index is 2.26. The Morgan fingerprint density at radius 1 is 1.25 bits per heavy atom. The Labute approximate surface area is 119 Å². The highest BCUT2D eigenvalue weighted by Gasteiger charge is 2.10. The molecule has 6 heteroatoms. The monoisotopic (exact) mass is 293 g/mol. The standard InChI is InChI=1S/C14H19N3O2S/c1-10(2)15-8-12-9-16-17-14(12)11-4-6-13(7-5-11)20(3,18)19/h4-7,9-10,15H,8H2,1-3H3,(H,16,17). The van der Waals surface area contributed by atoms with Crippen LogP contribution in [0.5, 0.6) is 0 Å². The van der Waals surface area contributed by atoms with E-state index in [9.17, 15) is 8.42 Å². The average Bonchev–Trinajstić information content (AvgIpc) is 2.83. The number of nitrogens with one attached hydrogen (secondary N) is 2. The van der Waals surface area contributed by atoms with Crippen molar-refractivity contribution in [1.82, 2.24) is 15.5 Å². The van der Waals surface area contributed by atoms with E-state index < -0.39 is 9.84 Å². The molecule has 0 radical (unpaired) electrons. The molecule has 1 aromatic carbocycles. The number of aromatic amines is 1. The second kappa shape index (κ2) is 5.76. The van der Waals surface area contributed by atoms with Crippen LogP contribution in [0.4, 0.5) is 0 Å². The molecule has 0 bridgehead atoms. The molecule has 0 amide bonds. The molecule has 0 fully saturated rings. The maximum absolute atomic E-state index is 11.4. The van der Waals surface area contributed by atoms with Crippen LogP contribution in [0.1, 0.15) is 19.4 Å². The Bertz CT molecular complexity index is 673. The van der Waals surface area contributed by atoms with Gasteiger partial charge in [0, 0.05) is 24.4 Å². The molecule has 20 heavy (non-hydrogen) atoms. The van der Waals surface area contributed by atoms with Gasteiger partial charge in [-0.1, -0.05) is 26.0 Å². The molecule has 2 N–H and O–H groups in total. The summed E-state index contributed by atoms with van der Waals surface area (Å²) < 4.78 is 22.9. The summed E-state index contributed by atoms with van der Waals surface area (Å²) in [5.41, 5.74) is 2.90. The second-order valence-corrected chi connectivity index (χ2v) is 7.12. The summed E-state index contributed by atoms with van der Waals surface area (Å²) >= 11 is 0. The number of rotatable bonds is 5. The van der Waals surface area contributed by atoms with Crippen molar-refractivity contribution in [1.29, 1.82) is 0 Å². The van der Waals surface area contributed by atoms with Crippen LogP contribution in [-0.2, 0) is 16.4 Å². The first kappa shape index (κ1) is 14.7. The fourth-order valence-corrected chi connectivity index (χ4v) is 2.51. The third kappa shape index (κ3) is 3.46. The predicted octanol–water partition coefficient (Wildman–Crippen LogP) is 1.98. The van der Waals surface area contributed by atoms with Gasteiger partial charge in [0.15, 0.2) is 9.84 Å². The van der Waals surface area contributed by atoms with Gasteiger partial charge in [-0.3, -0.25) is 5.10 Å². The lowest BCUT2D eigenvalue weighted by Gasteiger charge is -2.08. The van der Waals surface area contributed by atoms with Crippen molar-refractivity contribution in [2.24, 2.45) is 0 Å². The zero-order valence-electron chi connectivity index (χ0n) is 11.8. The third-order valence-corrected chi connectivity index (χ3v) is 4.12. The number of H-pyrrole nitrogens is 1. The van der Waals surface area contributed by atoms with E-state index in [1.54, 1.807) is 30.5 Å². The van der Waals surface area contributed by atoms with Gasteiger partial charge < -0.3 is 5.32 Å². The molecule has 5 nitrogen and oxygen atoms in total. The molecule has 0 aliphatic rings. The lowest BCUT2D eigenvalue weighted by Crippen LogP contribution is -2.21. The van der Waals surface area contributed by atoms with Gasteiger partial charge in [-0.05, 0) is 17.7 Å². The van der Waals surface area contributed by atoms with Gasteiger partial charge in [-0.15, -0.1) is 0 Å². The molecule has 0 atom stereocenters. The molecule has 2 aromatic rings. The van der Waals surface area contributed by atoms with Gasteiger partial charge in [0.05, 0.1) is 16.8 Å². The van der Waals surface area contributed by atoms with Crippen LogP contribution in [0.2, 0.25) is 0 Å². The van der Waals surface area contributed by atoms with E-state index in [1.165, 1.54) is 6.26 Å². The predicted molar refractivity (Wildman–Crippen MR) is 79.1 cm³/mol. The zero-order valence-corrected chi connectivity index (χ0v) is 12.7. The van der Waals surface area contributed by atoms with Gasteiger partial charge in [0.1, 0.15) is 0 Å². The van der Waals surface area contributed by atoms with Crippen LogP contribution in [0.3, 0.4) is 0 Å². The number of nitrogens with zero attached hydrogens (tertiary/aromatic N) is 1. The molecule has 0 unspecified atom stereocenters. The number of sulfone groups is 1. The lowest BCUT2D eigenvalue weighted by molar-refractivity contribution is 0.589. The van der Waals surface area contributed by atoms with Crippen molar-refractivity contribution >= 4 is 9.84 Å². The van der Waals surface area contributed by atoms with Gasteiger partial charge in [0.25, 0.3) is 0 Å². The van der Waals surface area contributed by atoms with Crippen LogP contribution in [0.15, 0.2) is 35.4 Å². The van der Waals surface area contributed by atoms with Crippen molar-refractivity contribution in [2.45, 2.75) is 31.3 Å². The van der Waals surface area contributed by atoms with Crippen molar-refractivity contribution in [3.8, 4) is 11.3 Å². The minimum atomic E-state index is -3.16. The van der Waals surface area contributed by atoms with Gasteiger partial charge in [0.2, 0.25) is 0 Å². The Morgan fingerprint density at radius 3 is 2.45 bits per heavy atom. The molecule has 2 rings (SSSR count). The normalized spacial score (nSPS) is 12.0. The summed E-state index contributed by atoms with van der Waals surface area (Å²) in [6.07, 6.45) is 2.99. The van der Waals surface area contributed by atoms with Gasteiger partial charge in [-0.25, -0.2) is 8.42 Å². The Kier molecular flexibility index (Phi) is 4.25. The SMILES string of the molecule is CC(C)NCc1cn[nH]c1-c1ccc(S(C)(=O)=O)cc1. The molecule has 0 aliphatic heterocycles. The first-order valence-electron chi connectivity index (χ1n) is 6.44. The van der Waals surface area contributed by atoms with Crippen molar-refractivity contribution in [3.05, 3.63) is 36.0 Å². The molecule has 0 spiro atoms. The molecule has 0 aliphatic carbocycles. The Morgan fingerprint density at radius 2 is 1.90 bits per heavy atom. The van der Waals surface area contributed by atoms with Crippen molar-refractivity contribution < 1.29 is 8.42 Å². The summed E-state index contributed by atoms with van der Waals surface area (Å²) in [6, 6.07) is 7.22. The molecular weight excluding hydrogens is 274 g/mol. The highest BCUT2D eigenvalue weighted by Crippen LogP contribution is 2.22. The van der Waals surface area contributed by atoms with Crippen LogP contribution in [0.25, 0.3) is 11.3 Å². The van der Waals surface area contributed by atoms with E-state index in [4.69, 9.17) is 0 Å². The maximum atomic E-state index is 11.4. The zero-order chi connectivity index (χ0) is 14.8. The summed E-state index contributed by atoms with van der Waals surface area (Å²) in [7, 11) is -3.16. The van der Waals surface area contributed by atoms with Crippen LogP contribution in [0, 0.1) is 0 Å². The number of aromatic nitrogens is 2. The molecular formula is C14H19N3O2S. The van der Waals surface area contributed by atoms with E-state index >= 15 is 0 Å². The largest absolute Gasteiger partial charge is 0.310 e. The summed E-state index contributed by atoms with van der Waals surface area (Å²) in [5, 5.41) is 10.4. The van der Waals surface area contributed by atoms with E-state index in [-0.39, 0.29) is 0 Å².